The van der Waals surface area contributed by atoms with Crippen molar-refractivity contribution in [1.82, 2.24) is 15.1 Å². The maximum absolute atomic E-state index is 11.6. The van der Waals surface area contributed by atoms with Gasteiger partial charge in [0.15, 0.2) is 0 Å². The zero-order valence-corrected chi connectivity index (χ0v) is 11.3. The number of hydrogen-bond donors (Lipinski definition) is 2. The molecule has 2 aromatic heterocycles. The van der Waals surface area contributed by atoms with Crippen LogP contribution < -0.4 is 11.1 Å². The van der Waals surface area contributed by atoms with E-state index in [1.165, 1.54) is 4.68 Å². The molecule has 2 aromatic rings. The molecule has 0 aliphatic carbocycles. The molecular formula is C10H11BrN4OS. The molecule has 0 saturated heterocycles. The molecule has 90 valence electrons. The van der Waals surface area contributed by atoms with Crippen LogP contribution >= 0.6 is 27.3 Å². The van der Waals surface area contributed by atoms with Gasteiger partial charge in [0.1, 0.15) is 12.4 Å². The molecule has 0 aromatic carbocycles. The molecule has 3 N–H and O–H groups in total. The van der Waals surface area contributed by atoms with E-state index in [0.29, 0.717) is 12.4 Å². The number of carbonyl (C=O) groups excluding carboxylic acids is 1. The monoisotopic (exact) mass is 314 g/mol. The van der Waals surface area contributed by atoms with Crippen LogP contribution in [0.15, 0.2) is 28.2 Å². The summed E-state index contributed by atoms with van der Waals surface area (Å²) in [6.45, 7) is 0.718. The summed E-state index contributed by atoms with van der Waals surface area (Å²) in [5.74, 6) is 0.331. The Hall–Kier alpha value is -1.34. The van der Waals surface area contributed by atoms with Crippen LogP contribution in [-0.4, -0.2) is 15.7 Å². The minimum Gasteiger partial charge on any atom is -0.382 e. The van der Waals surface area contributed by atoms with Gasteiger partial charge in [-0.2, -0.15) is 5.10 Å². The van der Waals surface area contributed by atoms with Gasteiger partial charge in [-0.25, -0.2) is 0 Å². The number of nitrogen functional groups attached to an aromatic ring is 1. The SMILES string of the molecule is Nc1ccn(CC(=O)NCc2ccc(Br)s2)n1. The topological polar surface area (TPSA) is 72.9 Å². The summed E-state index contributed by atoms with van der Waals surface area (Å²) < 4.78 is 2.57. The lowest BCUT2D eigenvalue weighted by molar-refractivity contribution is -0.122. The third kappa shape index (κ3) is 3.57. The van der Waals surface area contributed by atoms with Crippen molar-refractivity contribution in [2.24, 2.45) is 0 Å². The van der Waals surface area contributed by atoms with Gasteiger partial charge in [-0.3, -0.25) is 9.48 Å². The van der Waals surface area contributed by atoms with Crippen LogP contribution in [-0.2, 0) is 17.9 Å². The number of amides is 1. The number of halogens is 1. The number of anilines is 1. The van der Waals surface area contributed by atoms with Gasteiger partial charge in [-0.05, 0) is 34.1 Å². The zero-order chi connectivity index (χ0) is 12.3. The smallest absolute Gasteiger partial charge is 0.242 e. The fraction of sp³-hybridized carbons (Fsp3) is 0.200. The zero-order valence-electron chi connectivity index (χ0n) is 8.89. The van der Waals surface area contributed by atoms with Gasteiger partial charge < -0.3 is 11.1 Å². The Kier molecular flexibility index (Phi) is 3.80. The summed E-state index contributed by atoms with van der Waals surface area (Å²) in [5, 5.41) is 6.76. The van der Waals surface area contributed by atoms with Crippen molar-refractivity contribution >= 4 is 39.0 Å². The van der Waals surface area contributed by atoms with Crippen molar-refractivity contribution in [3.8, 4) is 0 Å². The van der Waals surface area contributed by atoms with Crippen molar-refractivity contribution in [3.63, 3.8) is 0 Å². The molecular weight excluding hydrogens is 304 g/mol. The van der Waals surface area contributed by atoms with Gasteiger partial charge >= 0.3 is 0 Å². The molecule has 7 heteroatoms. The number of aromatic nitrogens is 2. The number of nitrogens with zero attached hydrogens (tertiary/aromatic N) is 2. The summed E-state index contributed by atoms with van der Waals surface area (Å²) in [6, 6.07) is 5.59. The molecule has 1 amide bonds. The Labute approximate surface area is 111 Å². The lowest BCUT2D eigenvalue weighted by Crippen LogP contribution is -2.27. The molecule has 5 nitrogen and oxygen atoms in total. The number of carbonyl (C=O) groups is 1. The van der Waals surface area contributed by atoms with Crippen LogP contribution in [0.25, 0.3) is 0 Å². The molecule has 2 heterocycles. The fourth-order valence-electron chi connectivity index (χ4n) is 1.30. The van der Waals surface area contributed by atoms with Gasteiger partial charge in [0.25, 0.3) is 0 Å². The molecule has 2 rings (SSSR count). The van der Waals surface area contributed by atoms with Crippen molar-refractivity contribution < 1.29 is 4.79 Å². The first-order valence-electron chi connectivity index (χ1n) is 4.93. The highest BCUT2D eigenvalue weighted by molar-refractivity contribution is 9.11. The Balaban J connectivity index is 1.82. The molecule has 0 aliphatic rings. The van der Waals surface area contributed by atoms with Gasteiger partial charge in [-0.15, -0.1) is 11.3 Å². The van der Waals surface area contributed by atoms with E-state index in [1.54, 1.807) is 23.6 Å². The van der Waals surface area contributed by atoms with Crippen LogP contribution in [0, 0.1) is 0 Å². The van der Waals surface area contributed by atoms with Crippen LogP contribution in [0.2, 0.25) is 0 Å². The van der Waals surface area contributed by atoms with E-state index in [2.05, 4.69) is 26.3 Å². The van der Waals surface area contributed by atoms with Gasteiger partial charge in [0, 0.05) is 11.1 Å². The average molecular weight is 315 g/mol. The summed E-state index contributed by atoms with van der Waals surface area (Å²) in [4.78, 5) is 12.7. The van der Waals surface area contributed by atoms with E-state index in [4.69, 9.17) is 5.73 Å². The quantitative estimate of drug-likeness (QED) is 0.900. The summed E-state index contributed by atoms with van der Waals surface area (Å²) in [7, 11) is 0. The third-order valence-electron chi connectivity index (χ3n) is 2.06. The van der Waals surface area contributed by atoms with E-state index < -0.39 is 0 Å². The highest BCUT2D eigenvalue weighted by atomic mass is 79.9. The molecule has 0 saturated carbocycles. The van der Waals surface area contributed by atoms with Crippen molar-refractivity contribution in [2.45, 2.75) is 13.1 Å². The Bertz CT molecular complexity index is 522. The van der Waals surface area contributed by atoms with Crippen molar-refractivity contribution in [3.05, 3.63) is 33.1 Å². The highest BCUT2D eigenvalue weighted by Crippen LogP contribution is 2.21. The first kappa shape index (κ1) is 12.1. The number of rotatable bonds is 4. The number of nitrogens with two attached hydrogens (primary N) is 1. The molecule has 0 unspecified atom stereocenters. The highest BCUT2D eigenvalue weighted by Gasteiger charge is 2.04. The lowest BCUT2D eigenvalue weighted by atomic mass is 10.4. The van der Waals surface area contributed by atoms with E-state index in [0.717, 1.165) is 8.66 Å². The lowest BCUT2D eigenvalue weighted by Gasteiger charge is -2.03. The second kappa shape index (κ2) is 5.33. The van der Waals surface area contributed by atoms with Crippen molar-refractivity contribution in [1.29, 1.82) is 0 Å². The molecule has 0 fully saturated rings. The van der Waals surface area contributed by atoms with E-state index in [9.17, 15) is 4.79 Å². The summed E-state index contributed by atoms with van der Waals surface area (Å²) in [5.41, 5.74) is 5.45. The standard InChI is InChI=1S/C10H11BrN4OS/c11-8-2-1-7(17-8)5-13-10(16)6-15-4-3-9(12)14-15/h1-4H,5-6H2,(H2,12,14)(H,13,16). The van der Waals surface area contributed by atoms with Gasteiger partial charge in [-0.1, -0.05) is 0 Å². The second-order valence-electron chi connectivity index (χ2n) is 3.42. The predicted molar refractivity (Wildman–Crippen MR) is 70.5 cm³/mol. The summed E-state index contributed by atoms with van der Waals surface area (Å²) in [6.07, 6.45) is 1.68. The first-order valence-corrected chi connectivity index (χ1v) is 6.54. The maximum Gasteiger partial charge on any atom is 0.242 e. The molecule has 17 heavy (non-hydrogen) atoms. The minimum absolute atomic E-state index is 0.0855. The van der Waals surface area contributed by atoms with Crippen LogP contribution in [0.5, 0.6) is 0 Å². The number of nitrogens with one attached hydrogen (secondary N) is 1. The van der Waals surface area contributed by atoms with E-state index in [1.807, 2.05) is 12.1 Å². The molecule has 0 bridgehead atoms. The first-order chi connectivity index (χ1) is 8.13. The van der Waals surface area contributed by atoms with E-state index in [-0.39, 0.29) is 12.5 Å². The largest absolute Gasteiger partial charge is 0.382 e. The van der Waals surface area contributed by atoms with Crippen molar-refractivity contribution in [2.75, 3.05) is 5.73 Å². The van der Waals surface area contributed by atoms with Crippen LogP contribution in [0.4, 0.5) is 5.82 Å². The minimum atomic E-state index is -0.0855. The van der Waals surface area contributed by atoms with Gasteiger partial charge in [0.2, 0.25) is 5.91 Å². The van der Waals surface area contributed by atoms with E-state index >= 15 is 0 Å². The fourth-order valence-corrected chi connectivity index (χ4v) is 2.72. The Morgan fingerprint density at radius 1 is 1.53 bits per heavy atom. The van der Waals surface area contributed by atoms with Gasteiger partial charge in [0.05, 0.1) is 10.3 Å². The molecule has 0 spiro atoms. The summed E-state index contributed by atoms with van der Waals surface area (Å²) >= 11 is 4.97. The van der Waals surface area contributed by atoms with Crippen LogP contribution in [0.1, 0.15) is 4.88 Å². The number of thiophene rings is 1. The second-order valence-corrected chi connectivity index (χ2v) is 5.97. The Morgan fingerprint density at radius 3 is 2.94 bits per heavy atom. The molecule has 0 aliphatic heterocycles. The maximum atomic E-state index is 11.6. The molecule has 0 radical (unpaired) electrons. The third-order valence-corrected chi connectivity index (χ3v) is 3.68. The Morgan fingerprint density at radius 2 is 2.35 bits per heavy atom. The normalized spacial score (nSPS) is 10.4. The average Bonchev–Trinajstić information content (AvgIpc) is 2.85. The predicted octanol–water partition coefficient (Wildman–Crippen LogP) is 1.61. The molecule has 0 atom stereocenters. The number of hydrogen-bond acceptors (Lipinski definition) is 4. The van der Waals surface area contributed by atoms with Crippen LogP contribution in [0.3, 0.4) is 0 Å².